The summed E-state index contributed by atoms with van der Waals surface area (Å²) >= 11 is 6.63. The van der Waals surface area contributed by atoms with Crippen LogP contribution in [0.3, 0.4) is 0 Å². The number of dihydropyridines is 1. The number of benzene rings is 1. The van der Waals surface area contributed by atoms with Crippen LogP contribution >= 0.6 is 11.6 Å². The fourth-order valence-corrected chi connectivity index (χ4v) is 4.87. The molecule has 1 amide bonds. The molecule has 1 aromatic carbocycles. The lowest BCUT2D eigenvalue weighted by atomic mass is 9.81. The first-order valence-electron chi connectivity index (χ1n) is 13.1. The maximum Gasteiger partial charge on any atom is 0.337 e. The Morgan fingerprint density at radius 2 is 1.88 bits per heavy atom. The number of halogens is 1. The Bertz CT molecular complexity index is 1450. The molecule has 1 atom stereocenters. The highest BCUT2D eigenvalue weighted by molar-refractivity contribution is 6.31. The normalized spacial score (nSPS) is 15.1. The molecule has 0 fully saturated rings. The Kier molecular flexibility index (Phi) is 9.39. The van der Waals surface area contributed by atoms with Crippen molar-refractivity contribution in [2.75, 3.05) is 18.5 Å². The van der Waals surface area contributed by atoms with Gasteiger partial charge in [0.2, 0.25) is 0 Å². The van der Waals surface area contributed by atoms with Gasteiger partial charge in [0.25, 0.3) is 5.91 Å². The van der Waals surface area contributed by atoms with Gasteiger partial charge in [0.15, 0.2) is 0 Å². The summed E-state index contributed by atoms with van der Waals surface area (Å²) in [6.07, 6.45) is 2.80. The second-order valence-corrected chi connectivity index (χ2v) is 10.2. The van der Waals surface area contributed by atoms with Crippen LogP contribution in [0.2, 0.25) is 5.02 Å². The van der Waals surface area contributed by atoms with Crippen molar-refractivity contribution in [2.45, 2.75) is 53.2 Å². The van der Waals surface area contributed by atoms with Gasteiger partial charge in [0.05, 0.1) is 42.2 Å². The Morgan fingerprint density at radius 1 is 1.12 bits per heavy atom. The lowest BCUT2D eigenvalue weighted by Crippen LogP contribution is -2.34. The summed E-state index contributed by atoms with van der Waals surface area (Å²) in [7, 11) is 0. The van der Waals surface area contributed by atoms with Gasteiger partial charge in [-0.15, -0.1) is 0 Å². The highest BCUT2D eigenvalue weighted by Gasteiger charge is 2.37. The molecule has 3 heterocycles. The molecule has 40 heavy (non-hydrogen) atoms. The average molecular weight is 564 g/mol. The number of imidazole rings is 1. The monoisotopic (exact) mass is 563 g/mol. The predicted molar refractivity (Wildman–Crippen MR) is 154 cm³/mol. The minimum absolute atomic E-state index is 0.0981. The van der Waals surface area contributed by atoms with Crippen molar-refractivity contribution < 1.29 is 19.1 Å². The number of esters is 1. The number of hydrogen-bond donors (Lipinski definition) is 2. The van der Waals surface area contributed by atoms with E-state index in [0.29, 0.717) is 40.8 Å². The first kappa shape index (κ1) is 29.0. The first-order chi connectivity index (χ1) is 19.2. The van der Waals surface area contributed by atoms with E-state index in [9.17, 15) is 9.59 Å². The number of carbonyl (C=O) groups excluding carboxylic acids is 2. The van der Waals surface area contributed by atoms with Crippen LogP contribution in [0.5, 0.6) is 0 Å². The van der Waals surface area contributed by atoms with Crippen LogP contribution in [0.15, 0.2) is 71.7 Å². The van der Waals surface area contributed by atoms with Gasteiger partial charge in [-0.1, -0.05) is 35.9 Å². The Hall–Kier alpha value is -3.95. The largest absolute Gasteiger partial charge is 0.460 e. The minimum atomic E-state index is -0.802. The number of anilines is 1. The highest BCUT2D eigenvalue weighted by atomic mass is 35.5. The zero-order chi connectivity index (χ0) is 28.8. The van der Waals surface area contributed by atoms with Gasteiger partial charge in [0.1, 0.15) is 11.6 Å². The Balaban J connectivity index is 1.67. The van der Waals surface area contributed by atoms with Crippen LogP contribution in [0.4, 0.5) is 5.82 Å². The van der Waals surface area contributed by atoms with Gasteiger partial charge < -0.3 is 24.7 Å². The molecule has 10 heteroatoms. The molecule has 1 unspecified atom stereocenters. The molecule has 2 N–H and O–H groups in total. The third kappa shape index (κ3) is 6.60. The summed E-state index contributed by atoms with van der Waals surface area (Å²) in [5.74, 6) is -0.480. The third-order valence-electron chi connectivity index (χ3n) is 6.63. The van der Waals surface area contributed by atoms with Crippen LogP contribution in [0.25, 0.3) is 0 Å². The number of ether oxygens (including phenoxy) is 2. The molecule has 1 aliphatic rings. The van der Waals surface area contributed by atoms with Gasteiger partial charge in [-0.25, -0.2) is 14.8 Å². The molecule has 2 aromatic heterocycles. The van der Waals surface area contributed by atoms with E-state index in [4.69, 9.17) is 21.1 Å². The Labute approximate surface area is 239 Å². The maximum atomic E-state index is 13.6. The molecule has 0 bridgehead atoms. The van der Waals surface area contributed by atoms with E-state index in [2.05, 4.69) is 25.2 Å². The predicted octanol–water partition coefficient (Wildman–Crippen LogP) is 4.99. The molecular formula is C30H34ClN5O4. The zero-order valence-corrected chi connectivity index (χ0v) is 24.1. The quantitative estimate of drug-likeness (QED) is 0.264. The van der Waals surface area contributed by atoms with E-state index < -0.39 is 17.8 Å². The van der Waals surface area contributed by atoms with Gasteiger partial charge >= 0.3 is 5.97 Å². The van der Waals surface area contributed by atoms with Crippen molar-refractivity contribution in [1.82, 2.24) is 19.9 Å². The number of rotatable bonds is 10. The molecule has 9 nitrogen and oxygen atoms in total. The fourth-order valence-electron chi connectivity index (χ4n) is 4.63. The van der Waals surface area contributed by atoms with Crippen LogP contribution < -0.4 is 10.6 Å². The van der Waals surface area contributed by atoms with Gasteiger partial charge in [-0.05, 0) is 58.4 Å². The van der Waals surface area contributed by atoms with Crippen molar-refractivity contribution in [3.05, 3.63) is 99.5 Å². The molecular weight excluding hydrogens is 530 g/mol. The van der Waals surface area contributed by atoms with Gasteiger partial charge in [-0.3, -0.25) is 4.79 Å². The van der Waals surface area contributed by atoms with E-state index in [-0.39, 0.29) is 18.3 Å². The van der Waals surface area contributed by atoms with E-state index in [1.54, 1.807) is 62.6 Å². The highest BCUT2D eigenvalue weighted by Crippen LogP contribution is 2.40. The topological polar surface area (TPSA) is 107 Å². The summed E-state index contributed by atoms with van der Waals surface area (Å²) in [6.45, 7) is 10.6. The number of hydrogen-bond acceptors (Lipinski definition) is 7. The lowest BCUT2D eigenvalue weighted by Gasteiger charge is -2.30. The summed E-state index contributed by atoms with van der Waals surface area (Å²) in [5.41, 5.74) is 3.72. The molecule has 4 rings (SSSR count). The van der Waals surface area contributed by atoms with E-state index in [1.807, 2.05) is 26.8 Å². The number of nitrogens with one attached hydrogen (secondary N) is 2. The first-order valence-corrected chi connectivity index (χ1v) is 13.5. The standard InChI is InChI=1S/C30H34ClN5O4/c1-18(2)40-30(38)28-25(17-39-15-14-36-20(4)19(3)34-21(36)5)33-16-23(27(28)22-10-6-7-11-24(22)31)29(37)35-26-12-8-9-13-32-26/h6-13,16,18,27,33H,14-15,17H2,1-5H3,(H,32,35,37). The molecule has 0 spiro atoms. The smallest absolute Gasteiger partial charge is 0.337 e. The molecule has 3 aromatic rings. The van der Waals surface area contributed by atoms with Crippen molar-refractivity contribution in [3.63, 3.8) is 0 Å². The number of pyridine rings is 1. The van der Waals surface area contributed by atoms with Crippen LogP contribution in [0.1, 0.15) is 42.5 Å². The van der Waals surface area contributed by atoms with Crippen LogP contribution in [-0.2, 0) is 25.6 Å². The van der Waals surface area contributed by atoms with Crippen molar-refractivity contribution in [3.8, 4) is 0 Å². The number of aromatic nitrogens is 3. The molecule has 0 saturated carbocycles. The maximum absolute atomic E-state index is 13.6. The summed E-state index contributed by atoms with van der Waals surface area (Å²) in [6, 6.07) is 12.4. The van der Waals surface area contributed by atoms with Crippen LogP contribution in [-0.4, -0.2) is 45.7 Å². The van der Waals surface area contributed by atoms with Crippen molar-refractivity contribution >= 4 is 29.3 Å². The molecule has 0 aliphatic carbocycles. The van der Waals surface area contributed by atoms with E-state index in [0.717, 1.165) is 17.2 Å². The van der Waals surface area contributed by atoms with E-state index >= 15 is 0 Å². The molecule has 0 radical (unpaired) electrons. The minimum Gasteiger partial charge on any atom is -0.460 e. The number of nitrogens with zero attached hydrogens (tertiary/aromatic N) is 3. The molecule has 1 aliphatic heterocycles. The SMILES string of the molecule is Cc1nc(C)n(CCOCC2=C(C(=O)OC(C)C)C(c3ccccc3Cl)C(C(=O)Nc3ccccn3)=CN2)c1C. The summed E-state index contributed by atoms with van der Waals surface area (Å²) in [4.78, 5) is 35.8. The summed E-state index contributed by atoms with van der Waals surface area (Å²) in [5, 5.41) is 6.37. The van der Waals surface area contributed by atoms with Crippen molar-refractivity contribution in [2.24, 2.45) is 0 Å². The molecule has 210 valence electrons. The Morgan fingerprint density at radius 3 is 2.52 bits per heavy atom. The summed E-state index contributed by atoms with van der Waals surface area (Å²) < 4.78 is 13.8. The van der Waals surface area contributed by atoms with Crippen molar-refractivity contribution in [1.29, 1.82) is 0 Å². The second-order valence-electron chi connectivity index (χ2n) is 9.75. The van der Waals surface area contributed by atoms with Crippen LogP contribution in [0, 0.1) is 20.8 Å². The number of carbonyl (C=O) groups is 2. The number of aryl methyl sites for hydroxylation is 2. The molecule has 0 saturated heterocycles. The van der Waals surface area contributed by atoms with E-state index in [1.165, 1.54) is 0 Å². The van der Waals surface area contributed by atoms with Gasteiger partial charge in [0, 0.05) is 35.2 Å². The zero-order valence-electron chi connectivity index (χ0n) is 23.3. The number of amides is 1. The third-order valence-corrected chi connectivity index (χ3v) is 6.97. The fraction of sp³-hybridized carbons (Fsp3) is 0.333. The average Bonchev–Trinajstić information content (AvgIpc) is 3.16. The second kappa shape index (κ2) is 12.9. The van der Waals surface area contributed by atoms with Gasteiger partial charge in [-0.2, -0.15) is 0 Å². The lowest BCUT2D eigenvalue weighted by molar-refractivity contribution is -0.143.